The molecule has 1 unspecified atom stereocenters. The van der Waals surface area contributed by atoms with Gasteiger partial charge in [0.05, 0.1) is 13.7 Å². The smallest absolute Gasteiger partial charge is 0.124 e. The summed E-state index contributed by atoms with van der Waals surface area (Å²) in [6, 6.07) is 6.14. The Bertz CT molecular complexity index is 364. The SMILES string of the molecule is COc1cccc(Cl)c1CNC1CCCOC1. The van der Waals surface area contributed by atoms with Crippen molar-refractivity contribution in [1.82, 2.24) is 5.32 Å². The molecule has 1 fully saturated rings. The van der Waals surface area contributed by atoms with Gasteiger partial charge in [-0.25, -0.2) is 0 Å². The van der Waals surface area contributed by atoms with Crippen molar-refractivity contribution in [3.63, 3.8) is 0 Å². The first-order chi connectivity index (χ1) is 8.31. The van der Waals surface area contributed by atoms with E-state index in [-0.39, 0.29) is 0 Å². The standard InChI is InChI=1S/C13H18ClNO2/c1-16-13-6-2-5-12(14)11(13)8-15-10-4-3-7-17-9-10/h2,5-6,10,15H,3-4,7-9H2,1H3. The van der Waals surface area contributed by atoms with E-state index in [1.807, 2.05) is 18.2 Å². The summed E-state index contributed by atoms with van der Waals surface area (Å²) >= 11 is 6.17. The van der Waals surface area contributed by atoms with Crippen molar-refractivity contribution >= 4 is 11.6 Å². The highest BCUT2D eigenvalue weighted by atomic mass is 35.5. The van der Waals surface area contributed by atoms with Gasteiger partial charge >= 0.3 is 0 Å². The van der Waals surface area contributed by atoms with Crippen LogP contribution in [0.4, 0.5) is 0 Å². The maximum absolute atomic E-state index is 6.17. The van der Waals surface area contributed by atoms with E-state index in [0.29, 0.717) is 6.04 Å². The highest BCUT2D eigenvalue weighted by Crippen LogP contribution is 2.26. The van der Waals surface area contributed by atoms with Gasteiger partial charge in [-0.1, -0.05) is 17.7 Å². The first-order valence-electron chi connectivity index (χ1n) is 5.94. The van der Waals surface area contributed by atoms with E-state index < -0.39 is 0 Å². The summed E-state index contributed by atoms with van der Waals surface area (Å²) in [6.07, 6.45) is 2.28. The second-order valence-electron chi connectivity index (χ2n) is 4.22. The van der Waals surface area contributed by atoms with E-state index >= 15 is 0 Å². The van der Waals surface area contributed by atoms with Crippen LogP contribution in [0.1, 0.15) is 18.4 Å². The maximum atomic E-state index is 6.17. The first kappa shape index (κ1) is 12.7. The molecule has 0 spiro atoms. The van der Waals surface area contributed by atoms with E-state index in [1.54, 1.807) is 7.11 Å². The number of benzene rings is 1. The van der Waals surface area contributed by atoms with Crippen LogP contribution >= 0.6 is 11.6 Å². The lowest BCUT2D eigenvalue weighted by atomic mass is 10.1. The van der Waals surface area contributed by atoms with E-state index in [2.05, 4.69) is 5.32 Å². The molecule has 1 aromatic carbocycles. The molecule has 0 aromatic heterocycles. The lowest BCUT2D eigenvalue weighted by Crippen LogP contribution is -2.36. The van der Waals surface area contributed by atoms with Crippen molar-refractivity contribution in [3.05, 3.63) is 28.8 Å². The molecule has 1 N–H and O–H groups in total. The number of hydrogen-bond donors (Lipinski definition) is 1. The third-order valence-electron chi connectivity index (χ3n) is 3.02. The second kappa shape index (κ2) is 6.24. The molecule has 1 atom stereocenters. The zero-order chi connectivity index (χ0) is 12.1. The maximum Gasteiger partial charge on any atom is 0.124 e. The fourth-order valence-corrected chi connectivity index (χ4v) is 2.28. The predicted octanol–water partition coefficient (Wildman–Crippen LogP) is 2.62. The molecule has 1 aliphatic rings. The minimum absolute atomic E-state index is 0.421. The molecule has 0 amide bonds. The van der Waals surface area contributed by atoms with Crippen LogP contribution in [-0.4, -0.2) is 26.4 Å². The molecule has 0 radical (unpaired) electrons. The lowest BCUT2D eigenvalue weighted by molar-refractivity contribution is 0.0699. The Morgan fingerprint density at radius 3 is 3.12 bits per heavy atom. The Labute approximate surface area is 107 Å². The van der Waals surface area contributed by atoms with Crippen molar-refractivity contribution in [2.24, 2.45) is 0 Å². The Balaban J connectivity index is 1.97. The van der Waals surface area contributed by atoms with Gasteiger partial charge in [0.15, 0.2) is 0 Å². The first-order valence-corrected chi connectivity index (χ1v) is 6.31. The highest BCUT2D eigenvalue weighted by molar-refractivity contribution is 6.31. The lowest BCUT2D eigenvalue weighted by Gasteiger charge is -2.23. The summed E-state index contributed by atoms with van der Waals surface area (Å²) in [4.78, 5) is 0. The van der Waals surface area contributed by atoms with Gasteiger partial charge in [-0.3, -0.25) is 0 Å². The Kier molecular flexibility index (Phi) is 4.66. The third-order valence-corrected chi connectivity index (χ3v) is 3.38. The average molecular weight is 256 g/mol. The van der Waals surface area contributed by atoms with E-state index in [0.717, 1.165) is 48.9 Å². The molecule has 1 aromatic rings. The van der Waals surface area contributed by atoms with Crippen LogP contribution in [0.2, 0.25) is 5.02 Å². The summed E-state index contributed by atoms with van der Waals surface area (Å²) in [5.41, 5.74) is 1.02. The summed E-state index contributed by atoms with van der Waals surface area (Å²) < 4.78 is 10.7. The van der Waals surface area contributed by atoms with E-state index in [1.165, 1.54) is 0 Å². The van der Waals surface area contributed by atoms with Gasteiger partial charge in [-0.15, -0.1) is 0 Å². The van der Waals surface area contributed by atoms with Crippen LogP contribution in [0.3, 0.4) is 0 Å². The minimum atomic E-state index is 0.421. The summed E-state index contributed by atoms with van der Waals surface area (Å²) in [5, 5.41) is 4.21. The number of nitrogens with one attached hydrogen (secondary N) is 1. The molecule has 0 saturated carbocycles. The van der Waals surface area contributed by atoms with Crippen molar-refractivity contribution in [2.45, 2.75) is 25.4 Å². The highest BCUT2D eigenvalue weighted by Gasteiger charge is 2.15. The zero-order valence-corrected chi connectivity index (χ0v) is 10.8. The molecular weight excluding hydrogens is 238 g/mol. The van der Waals surface area contributed by atoms with Crippen LogP contribution in [0.15, 0.2) is 18.2 Å². The fourth-order valence-electron chi connectivity index (χ4n) is 2.05. The van der Waals surface area contributed by atoms with Crippen LogP contribution in [-0.2, 0) is 11.3 Å². The van der Waals surface area contributed by atoms with Gasteiger partial charge in [0.2, 0.25) is 0 Å². The number of methoxy groups -OCH3 is 1. The Morgan fingerprint density at radius 2 is 2.41 bits per heavy atom. The minimum Gasteiger partial charge on any atom is -0.496 e. The van der Waals surface area contributed by atoms with Gasteiger partial charge in [0, 0.05) is 29.8 Å². The van der Waals surface area contributed by atoms with Gasteiger partial charge in [0.25, 0.3) is 0 Å². The molecule has 1 heterocycles. The topological polar surface area (TPSA) is 30.5 Å². The monoisotopic (exact) mass is 255 g/mol. The molecule has 17 heavy (non-hydrogen) atoms. The molecule has 2 rings (SSSR count). The largest absolute Gasteiger partial charge is 0.496 e. The Morgan fingerprint density at radius 1 is 1.53 bits per heavy atom. The normalized spacial score (nSPS) is 20.2. The van der Waals surface area contributed by atoms with Gasteiger partial charge in [0.1, 0.15) is 5.75 Å². The molecule has 0 bridgehead atoms. The average Bonchev–Trinajstić information content (AvgIpc) is 2.38. The Hall–Kier alpha value is -0.770. The number of hydrogen-bond acceptors (Lipinski definition) is 3. The molecule has 1 aliphatic heterocycles. The molecule has 94 valence electrons. The van der Waals surface area contributed by atoms with Crippen LogP contribution in [0.5, 0.6) is 5.75 Å². The van der Waals surface area contributed by atoms with E-state index in [4.69, 9.17) is 21.1 Å². The quantitative estimate of drug-likeness (QED) is 0.897. The van der Waals surface area contributed by atoms with Crippen molar-refractivity contribution in [2.75, 3.05) is 20.3 Å². The van der Waals surface area contributed by atoms with Crippen molar-refractivity contribution < 1.29 is 9.47 Å². The van der Waals surface area contributed by atoms with Crippen LogP contribution in [0, 0.1) is 0 Å². The zero-order valence-electron chi connectivity index (χ0n) is 10.0. The molecule has 1 saturated heterocycles. The molecular formula is C13H18ClNO2. The third kappa shape index (κ3) is 3.35. The molecule has 4 heteroatoms. The molecule has 3 nitrogen and oxygen atoms in total. The molecule has 0 aliphatic carbocycles. The van der Waals surface area contributed by atoms with Crippen molar-refractivity contribution in [1.29, 1.82) is 0 Å². The number of rotatable bonds is 4. The predicted molar refractivity (Wildman–Crippen MR) is 68.7 cm³/mol. The van der Waals surface area contributed by atoms with Crippen LogP contribution in [0.25, 0.3) is 0 Å². The number of halogens is 1. The summed E-state index contributed by atoms with van der Waals surface area (Å²) in [5.74, 6) is 0.835. The van der Waals surface area contributed by atoms with Gasteiger partial charge < -0.3 is 14.8 Å². The van der Waals surface area contributed by atoms with E-state index in [9.17, 15) is 0 Å². The summed E-state index contributed by atoms with van der Waals surface area (Å²) in [6.45, 7) is 2.39. The van der Waals surface area contributed by atoms with Gasteiger partial charge in [-0.2, -0.15) is 0 Å². The number of ether oxygens (including phenoxy) is 2. The van der Waals surface area contributed by atoms with Crippen molar-refractivity contribution in [3.8, 4) is 5.75 Å². The van der Waals surface area contributed by atoms with Gasteiger partial charge in [-0.05, 0) is 25.0 Å². The van der Waals surface area contributed by atoms with Crippen LogP contribution < -0.4 is 10.1 Å². The summed E-state index contributed by atoms with van der Waals surface area (Å²) in [7, 11) is 1.67. The fraction of sp³-hybridized carbons (Fsp3) is 0.538. The second-order valence-corrected chi connectivity index (χ2v) is 4.62.